The van der Waals surface area contributed by atoms with Gasteiger partial charge in [0.1, 0.15) is 18.1 Å². The molecule has 36 heavy (non-hydrogen) atoms. The summed E-state index contributed by atoms with van der Waals surface area (Å²) >= 11 is 6.83. The number of hydrogen-bond donors (Lipinski definition) is 1. The number of carboxylic acids is 1. The number of carboxylic acid groups (broad SMARTS) is 1. The highest BCUT2D eigenvalue weighted by Gasteiger charge is 2.36. The van der Waals surface area contributed by atoms with Crippen molar-refractivity contribution in [3.05, 3.63) is 69.8 Å². The number of furan rings is 1. The van der Waals surface area contributed by atoms with Crippen LogP contribution in [0.4, 0.5) is 10.5 Å². The lowest BCUT2D eigenvalue weighted by atomic mass is 10.1. The first-order valence-corrected chi connectivity index (χ1v) is 11.5. The number of carbonyl (C=O) groups is 4. The Bertz CT molecular complexity index is 1460. The second-order valence-corrected chi connectivity index (χ2v) is 8.97. The van der Waals surface area contributed by atoms with E-state index in [9.17, 15) is 24.3 Å². The normalized spacial score (nSPS) is 15.6. The first-order chi connectivity index (χ1) is 17.3. The second kappa shape index (κ2) is 9.44. The average molecular weight is 526 g/mol. The lowest BCUT2D eigenvalue weighted by Gasteiger charge is -2.12. The Morgan fingerprint density at radius 1 is 1.08 bits per heavy atom. The topological polar surface area (TPSA) is 138 Å². The number of ether oxygens (including phenoxy) is 2. The van der Waals surface area contributed by atoms with Gasteiger partial charge in [-0.1, -0.05) is 17.7 Å². The third kappa shape index (κ3) is 4.66. The van der Waals surface area contributed by atoms with Gasteiger partial charge in [-0.3, -0.25) is 19.3 Å². The Labute approximate surface area is 212 Å². The maximum atomic E-state index is 12.8. The van der Waals surface area contributed by atoms with Gasteiger partial charge in [0.25, 0.3) is 11.1 Å². The van der Waals surface area contributed by atoms with E-state index >= 15 is 0 Å². The molecule has 10 nitrogen and oxygen atoms in total. The molecule has 0 unspecified atom stereocenters. The van der Waals surface area contributed by atoms with Gasteiger partial charge < -0.3 is 29.1 Å². The molecular formula is C24H14ClN2O8S-. The van der Waals surface area contributed by atoms with E-state index in [4.69, 9.17) is 25.5 Å². The standard InChI is InChI=1S/C24H15ClN2O8S/c25-16-4-1-12(23(30)31)7-15(16)17-6-3-14(35-17)9-20-22(29)27(24(32)36-20)10-21(28)26-13-2-5-18-19(8-13)34-11-33-18/h1-9H,10-11H2,(H,26,28)(H,30,31)/p-1/b20-9-. The van der Waals surface area contributed by atoms with Crippen molar-refractivity contribution in [3.63, 3.8) is 0 Å². The molecule has 2 aliphatic heterocycles. The van der Waals surface area contributed by atoms with E-state index in [1.165, 1.54) is 30.3 Å². The molecule has 0 bridgehead atoms. The van der Waals surface area contributed by atoms with Crippen LogP contribution < -0.4 is 19.9 Å². The third-order valence-electron chi connectivity index (χ3n) is 5.20. The van der Waals surface area contributed by atoms with Crippen molar-refractivity contribution >= 4 is 58.1 Å². The molecule has 0 aliphatic carbocycles. The number of carbonyl (C=O) groups excluding carboxylic acids is 4. The van der Waals surface area contributed by atoms with Crippen LogP contribution in [0.1, 0.15) is 16.1 Å². The molecule has 1 saturated heterocycles. The summed E-state index contributed by atoms with van der Waals surface area (Å²) < 4.78 is 16.2. The van der Waals surface area contributed by atoms with Crippen molar-refractivity contribution in [1.82, 2.24) is 4.90 Å². The van der Waals surface area contributed by atoms with Crippen LogP contribution in [0.3, 0.4) is 0 Å². The summed E-state index contributed by atoms with van der Waals surface area (Å²) in [5, 5.41) is 13.4. The number of thioether (sulfide) groups is 1. The molecule has 12 heteroatoms. The van der Waals surface area contributed by atoms with Gasteiger partial charge in [0.05, 0.1) is 15.9 Å². The van der Waals surface area contributed by atoms with E-state index in [0.29, 0.717) is 34.5 Å². The zero-order valence-corrected chi connectivity index (χ0v) is 19.7. The van der Waals surface area contributed by atoms with Gasteiger partial charge in [-0.05, 0) is 53.7 Å². The molecule has 1 aromatic heterocycles. The number of amides is 3. The van der Waals surface area contributed by atoms with Crippen molar-refractivity contribution in [2.45, 2.75) is 0 Å². The predicted molar refractivity (Wildman–Crippen MR) is 127 cm³/mol. The molecule has 0 saturated carbocycles. The Hall–Kier alpha value is -4.22. The van der Waals surface area contributed by atoms with Gasteiger partial charge >= 0.3 is 0 Å². The minimum atomic E-state index is -1.36. The number of rotatable bonds is 6. The molecule has 3 heterocycles. The Morgan fingerprint density at radius 3 is 2.69 bits per heavy atom. The van der Waals surface area contributed by atoms with Crippen LogP contribution in [0.2, 0.25) is 5.02 Å². The number of hydrogen-bond acceptors (Lipinski definition) is 9. The van der Waals surface area contributed by atoms with Gasteiger partial charge in [-0.15, -0.1) is 0 Å². The van der Waals surface area contributed by atoms with Crippen molar-refractivity contribution in [3.8, 4) is 22.8 Å². The number of anilines is 1. The fourth-order valence-electron chi connectivity index (χ4n) is 3.50. The Morgan fingerprint density at radius 2 is 1.89 bits per heavy atom. The number of benzene rings is 2. The third-order valence-corrected chi connectivity index (χ3v) is 6.44. The minimum absolute atomic E-state index is 0.0614. The SMILES string of the molecule is O=C(CN1C(=O)S/C(=C\c2ccc(-c3cc(C(=O)[O-])ccc3Cl)o2)C1=O)Nc1ccc2c(c1)OCO2. The zero-order valence-electron chi connectivity index (χ0n) is 18.1. The Balaban J connectivity index is 1.28. The van der Waals surface area contributed by atoms with Crippen LogP contribution in [-0.2, 0) is 9.59 Å². The number of nitrogens with one attached hydrogen (secondary N) is 1. The molecular weight excluding hydrogens is 512 g/mol. The van der Waals surface area contributed by atoms with Gasteiger partial charge in [0, 0.05) is 23.4 Å². The quantitative estimate of drug-likeness (QED) is 0.480. The summed E-state index contributed by atoms with van der Waals surface area (Å²) in [5.74, 6) is -1.06. The summed E-state index contributed by atoms with van der Waals surface area (Å²) in [6.45, 7) is -0.391. The number of fused-ring (bicyclic) bond motifs is 1. The molecule has 0 atom stereocenters. The van der Waals surface area contributed by atoms with Crippen LogP contribution in [0.5, 0.6) is 11.5 Å². The lowest BCUT2D eigenvalue weighted by molar-refractivity contribution is -0.255. The predicted octanol–water partition coefficient (Wildman–Crippen LogP) is 3.37. The monoisotopic (exact) mass is 525 g/mol. The summed E-state index contributed by atoms with van der Waals surface area (Å²) in [4.78, 5) is 49.7. The van der Waals surface area contributed by atoms with E-state index in [1.54, 1.807) is 24.3 Å². The van der Waals surface area contributed by atoms with Crippen LogP contribution >= 0.6 is 23.4 Å². The van der Waals surface area contributed by atoms with E-state index in [1.807, 2.05) is 0 Å². The molecule has 0 radical (unpaired) electrons. The van der Waals surface area contributed by atoms with Crippen LogP contribution in [0.25, 0.3) is 17.4 Å². The highest BCUT2D eigenvalue weighted by Crippen LogP contribution is 2.36. The summed E-state index contributed by atoms with van der Waals surface area (Å²) in [6, 6.07) is 12.0. The van der Waals surface area contributed by atoms with E-state index in [0.717, 1.165) is 4.90 Å². The van der Waals surface area contributed by atoms with Gasteiger partial charge in [-0.2, -0.15) is 0 Å². The molecule has 0 spiro atoms. The molecule has 1 fully saturated rings. The van der Waals surface area contributed by atoms with Crippen LogP contribution in [-0.4, -0.2) is 41.3 Å². The molecule has 2 aromatic carbocycles. The van der Waals surface area contributed by atoms with Crippen LogP contribution in [0.15, 0.2) is 57.9 Å². The fourth-order valence-corrected chi connectivity index (χ4v) is 4.53. The number of aromatic carboxylic acids is 1. The smallest absolute Gasteiger partial charge is 0.294 e. The molecule has 5 rings (SSSR count). The molecule has 1 N–H and O–H groups in total. The maximum Gasteiger partial charge on any atom is 0.294 e. The number of nitrogens with zero attached hydrogens (tertiary/aromatic N) is 1. The van der Waals surface area contributed by atoms with Crippen molar-refractivity contribution < 1.29 is 38.2 Å². The molecule has 182 valence electrons. The molecule has 3 aromatic rings. The first kappa shape index (κ1) is 23.5. The molecule has 2 aliphatic rings. The maximum absolute atomic E-state index is 12.8. The van der Waals surface area contributed by atoms with Gasteiger partial charge in [0.15, 0.2) is 11.5 Å². The highest BCUT2D eigenvalue weighted by molar-refractivity contribution is 8.18. The first-order valence-electron chi connectivity index (χ1n) is 10.3. The summed E-state index contributed by atoms with van der Waals surface area (Å²) in [5.41, 5.74) is 0.676. The van der Waals surface area contributed by atoms with Crippen molar-refractivity contribution in [2.75, 3.05) is 18.7 Å². The van der Waals surface area contributed by atoms with Crippen LogP contribution in [0, 0.1) is 0 Å². The van der Waals surface area contributed by atoms with Crippen molar-refractivity contribution in [1.29, 1.82) is 0 Å². The zero-order chi connectivity index (χ0) is 25.4. The van der Waals surface area contributed by atoms with Gasteiger partial charge in [0.2, 0.25) is 12.7 Å². The lowest BCUT2D eigenvalue weighted by Crippen LogP contribution is -2.36. The fraction of sp³-hybridized carbons (Fsp3) is 0.0833. The number of halogens is 1. The van der Waals surface area contributed by atoms with Gasteiger partial charge in [-0.25, -0.2) is 0 Å². The summed E-state index contributed by atoms with van der Waals surface area (Å²) in [6.07, 6.45) is 1.36. The highest BCUT2D eigenvalue weighted by atomic mass is 35.5. The molecule has 3 amide bonds. The minimum Gasteiger partial charge on any atom is -0.545 e. The number of imide groups is 1. The summed E-state index contributed by atoms with van der Waals surface area (Å²) in [7, 11) is 0. The Kier molecular flexibility index (Phi) is 6.17. The van der Waals surface area contributed by atoms with E-state index in [2.05, 4.69) is 5.32 Å². The van der Waals surface area contributed by atoms with E-state index in [-0.39, 0.29) is 33.8 Å². The van der Waals surface area contributed by atoms with Crippen molar-refractivity contribution in [2.24, 2.45) is 0 Å². The second-order valence-electron chi connectivity index (χ2n) is 7.57. The largest absolute Gasteiger partial charge is 0.545 e. The van der Waals surface area contributed by atoms with E-state index < -0.39 is 29.6 Å². The average Bonchev–Trinajstić information content (AvgIpc) is 3.56.